The molecule has 4 atom stereocenters. The van der Waals surface area contributed by atoms with E-state index in [1.807, 2.05) is 67.6 Å². The second kappa shape index (κ2) is 14.2. The second-order valence-corrected chi connectivity index (χ2v) is 10.1. The number of benzene rings is 3. The Morgan fingerprint density at radius 3 is 2.12 bits per heavy atom. The Kier molecular flexibility index (Phi) is 9.96. The van der Waals surface area contributed by atoms with Gasteiger partial charge < -0.3 is 23.7 Å². The maximum atomic E-state index is 13.6. The van der Waals surface area contributed by atoms with E-state index in [4.69, 9.17) is 23.7 Å². The number of H-pyrrole nitrogens is 1. The summed E-state index contributed by atoms with van der Waals surface area (Å²) in [5, 5.41) is 0. The number of ether oxygens (including phenoxy) is 5. The Labute approximate surface area is 248 Å². The minimum Gasteiger partial charge on any atom is -0.445 e. The van der Waals surface area contributed by atoms with Crippen LogP contribution in [0.5, 0.6) is 0 Å². The average molecular weight is 587 g/mol. The molecule has 3 aromatic carbocycles. The van der Waals surface area contributed by atoms with E-state index in [1.54, 1.807) is 30.3 Å². The van der Waals surface area contributed by atoms with E-state index >= 15 is 0 Å². The summed E-state index contributed by atoms with van der Waals surface area (Å²) in [6.45, 7) is 2.46. The third-order valence-corrected chi connectivity index (χ3v) is 7.13. The fraction of sp³-hybridized carbons (Fsp3) is 0.303. The van der Waals surface area contributed by atoms with Crippen molar-refractivity contribution in [2.24, 2.45) is 0 Å². The van der Waals surface area contributed by atoms with E-state index in [-0.39, 0.29) is 19.8 Å². The van der Waals surface area contributed by atoms with Crippen molar-refractivity contribution in [3.05, 3.63) is 141 Å². The van der Waals surface area contributed by atoms with Gasteiger partial charge in [0.1, 0.15) is 12.2 Å². The van der Waals surface area contributed by atoms with Gasteiger partial charge in [0.15, 0.2) is 6.23 Å². The van der Waals surface area contributed by atoms with Crippen LogP contribution in [-0.2, 0) is 36.9 Å². The minimum atomic E-state index is -1.65. The Hall–Kier alpha value is -4.35. The van der Waals surface area contributed by atoms with Gasteiger partial charge in [0.05, 0.1) is 32.0 Å². The number of hydrogen-bond acceptors (Lipinski definition) is 8. The zero-order valence-electron chi connectivity index (χ0n) is 23.8. The third kappa shape index (κ3) is 7.18. The Balaban J connectivity index is 1.56. The van der Waals surface area contributed by atoms with Gasteiger partial charge in [0.25, 0.3) is 5.56 Å². The SMILES string of the molecule is CCOC[C@@]1(OC(=O)c2ccccc2)[C@H](OCc2ccccc2)[C@@H](COCc2ccccc2)O[C@H]1n1ccc(=O)[nH]c1=O. The van der Waals surface area contributed by atoms with Crippen LogP contribution in [0.3, 0.4) is 0 Å². The van der Waals surface area contributed by atoms with Gasteiger partial charge in [-0.15, -0.1) is 0 Å². The summed E-state index contributed by atoms with van der Waals surface area (Å²) in [6.07, 6.45) is -1.64. The van der Waals surface area contributed by atoms with Crippen LogP contribution < -0.4 is 11.2 Å². The monoisotopic (exact) mass is 586 g/mol. The van der Waals surface area contributed by atoms with E-state index in [0.717, 1.165) is 11.1 Å². The molecule has 5 rings (SSSR count). The van der Waals surface area contributed by atoms with E-state index < -0.39 is 41.3 Å². The number of carbonyl (C=O) groups is 1. The molecule has 10 nitrogen and oxygen atoms in total. The Morgan fingerprint density at radius 1 is 0.860 bits per heavy atom. The molecule has 2 heterocycles. The minimum absolute atomic E-state index is 0.0553. The first-order valence-corrected chi connectivity index (χ1v) is 14.1. The number of esters is 1. The molecule has 0 saturated carbocycles. The summed E-state index contributed by atoms with van der Waals surface area (Å²) >= 11 is 0. The molecule has 224 valence electrons. The molecular weight excluding hydrogens is 552 g/mol. The van der Waals surface area contributed by atoms with Crippen LogP contribution in [0.1, 0.15) is 34.6 Å². The highest BCUT2D eigenvalue weighted by Gasteiger charge is 2.62. The second-order valence-electron chi connectivity index (χ2n) is 10.1. The molecule has 1 N–H and O–H groups in total. The number of rotatable bonds is 13. The molecule has 0 spiro atoms. The van der Waals surface area contributed by atoms with Crippen molar-refractivity contribution >= 4 is 5.97 Å². The summed E-state index contributed by atoms with van der Waals surface area (Å²) in [5.41, 5.74) is -0.808. The lowest BCUT2D eigenvalue weighted by Gasteiger charge is -2.38. The molecule has 43 heavy (non-hydrogen) atoms. The van der Waals surface area contributed by atoms with Gasteiger partial charge in [-0.25, -0.2) is 9.59 Å². The Morgan fingerprint density at radius 2 is 1.49 bits per heavy atom. The first kappa shape index (κ1) is 30.1. The van der Waals surface area contributed by atoms with Crippen molar-refractivity contribution in [1.29, 1.82) is 0 Å². The highest BCUT2D eigenvalue weighted by Crippen LogP contribution is 2.44. The average Bonchev–Trinajstić information content (AvgIpc) is 3.32. The van der Waals surface area contributed by atoms with Crippen LogP contribution in [0.4, 0.5) is 0 Å². The number of aromatic nitrogens is 2. The van der Waals surface area contributed by atoms with Crippen molar-refractivity contribution in [1.82, 2.24) is 9.55 Å². The molecule has 0 aliphatic carbocycles. The number of aromatic amines is 1. The van der Waals surface area contributed by atoms with Gasteiger partial charge in [0.2, 0.25) is 5.60 Å². The fourth-order valence-corrected chi connectivity index (χ4v) is 5.08. The van der Waals surface area contributed by atoms with Crippen molar-refractivity contribution in [2.75, 3.05) is 19.8 Å². The van der Waals surface area contributed by atoms with E-state index in [2.05, 4.69) is 4.98 Å². The molecule has 1 aromatic heterocycles. The van der Waals surface area contributed by atoms with Gasteiger partial charge in [-0.05, 0) is 30.2 Å². The highest BCUT2D eigenvalue weighted by atomic mass is 16.7. The number of nitrogens with one attached hydrogen (secondary N) is 1. The summed E-state index contributed by atoms with van der Waals surface area (Å²) in [6, 6.07) is 28.9. The third-order valence-electron chi connectivity index (χ3n) is 7.13. The maximum absolute atomic E-state index is 13.6. The first-order valence-electron chi connectivity index (χ1n) is 14.1. The molecule has 1 aliphatic rings. The highest BCUT2D eigenvalue weighted by molar-refractivity contribution is 5.89. The number of carbonyl (C=O) groups excluding carboxylic acids is 1. The van der Waals surface area contributed by atoms with Crippen LogP contribution in [0.15, 0.2) is 113 Å². The van der Waals surface area contributed by atoms with Crippen molar-refractivity contribution in [3.8, 4) is 0 Å². The predicted octanol–water partition coefficient (Wildman–Crippen LogP) is 3.87. The van der Waals surface area contributed by atoms with Gasteiger partial charge in [0, 0.05) is 18.9 Å². The molecule has 0 amide bonds. The van der Waals surface area contributed by atoms with Crippen LogP contribution >= 0.6 is 0 Å². The van der Waals surface area contributed by atoms with Crippen molar-refractivity contribution < 1.29 is 28.5 Å². The quantitative estimate of drug-likeness (QED) is 0.235. The number of nitrogens with zero attached hydrogens (tertiary/aromatic N) is 1. The first-order chi connectivity index (χ1) is 21.0. The summed E-state index contributed by atoms with van der Waals surface area (Å²) in [7, 11) is 0. The van der Waals surface area contributed by atoms with E-state index in [0.29, 0.717) is 18.8 Å². The van der Waals surface area contributed by atoms with Crippen LogP contribution in [0.2, 0.25) is 0 Å². The van der Waals surface area contributed by atoms with E-state index in [1.165, 1.54) is 16.8 Å². The zero-order chi connectivity index (χ0) is 30.1. The smallest absolute Gasteiger partial charge is 0.339 e. The van der Waals surface area contributed by atoms with Gasteiger partial charge >= 0.3 is 11.7 Å². The van der Waals surface area contributed by atoms with Gasteiger partial charge in [-0.3, -0.25) is 14.3 Å². The lowest BCUT2D eigenvalue weighted by atomic mass is 9.93. The maximum Gasteiger partial charge on any atom is 0.339 e. The zero-order valence-corrected chi connectivity index (χ0v) is 23.8. The molecule has 10 heteroatoms. The topological polar surface area (TPSA) is 118 Å². The lowest BCUT2D eigenvalue weighted by molar-refractivity contribution is -0.164. The van der Waals surface area contributed by atoms with Crippen LogP contribution in [0, 0.1) is 0 Å². The van der Waals surface area contributed by atoms with Gasteiger partial charge in [-0.1, -0.05) is 78.9 Å². The lowest BCUT2D eigenvalue weighted by Crippen LogP contribution is -2.56. The standard InChI is InChI=1S/C33H34N2O8/c1-2-39-23-33(43-30(37)26-16-10-5-11-17-26)29(41-21-25-14-8-4-9-15-25)27(22-40-20-24-12-6-3-7-13-24)42-31(33)35-19-18-28(36)34-32(35)38/h3-19,27,29,31H,2,20-23H2,1H3,(H,34,36,38)/t27-,29-,31-,33-/m1/s1. The number of hydrogen-bond donors (Lipinski definition) is 1. The summed E-state index contributed by atoms with van der Waals surface area (Å²) in [4.78, 5) is 41.0. The summed E-state index contributed by atoms with van der Waals surface area (Å²) < 4.78 is 32.5. The van der Waals surface area contributed by atoms with Crippen LogP contribution in [-0.4, -0.2) is 53.2 Å². The van der Waals surface area contributed by atoms with Crippen molar-refractivity contribution in [2.45, 2.75) is 44.2 Å². The van der Waals surface area contributed by atoms with E-state index in [9.17, 15) is 14.4 Å². The molecule has 1 saturated heterocycles. The fourth-order valence-electron chi connectivity index (χ4n) is 5.08. The predicted molar refractivity (Wildman–Crippen MR) is 157 cm³/mol. The summed E-state index contributed by atoms with van der Waals surface area (Å²) in [5.74, 6) is -0.648. The molecule has 0 bridgehead atoms. The van der Waals surface area contributed by atoms with Crippen molar-refractivity contribution in [3.63, 3.8) is 0 Å². The Bertz CT molecular complexity index is 1580. The molecule has 1 aliphatic heterocycles. The molecule has 1 fully saturated rings. The molecular formula is C33H34N2O8. The molecule has 0 unspecified atom stereocenters. The molecule has 0 radical (unpaired) electrons. The van der Waals surface area contributed by atoms with Crippen LogP contribution in [0.25, 0.3) is 0 Å². The normalized spacial score (nSPS) is 21.5. The molecule has 4 aromatic rings. The van der Waals surface area contributed by atoms with Gasteiger partial charge in [-0.2, -0.15) is 0 Å². The largest absolute Gasteiger partial charge is 0.445 e.